The molecule has 1 rings (SSSR count). The van der Waals surface area contributed by atoms with E-state index in [1.165, 1.54) is 24.3 Å². The minimum Gasteiger partial charge on any atom is -0.545 e. The minimum atomic E-state index is -1.46. The number of hydrogen-bond acceptors (Lipinski definition) is 5. The molecular formula is C7H6NO4-. The van der Waals surface area contributed by atoms with Gasteiger partial charge in [-0.25, -0.2) is 0 Å². The van der Waals surface area contributed by atoms with Crippen molar-refractivity contribution in [1.82, 2.24) is 0 Å². The van der Waals surface area contributed by atoms with Gasteiger partial charge in [-0.15, -0.1) is 5.23 Å². The van der Waals surface area contributed by atoms with Gasteiger partial charge in [-0.3, -0.25) is 10.4 Å². The number of para-hydroxylation sites is 1. The first-order valence-electron chi connectivity index (χ1n) is 3.11. The van der Waals surface area contributed by atoms with Gasteiger partial charge < -0.3 is 9.90 Å². The molecule has 0 aliphatic rings. The summed E-state index contributed by atoms with van der Waals surface area (Å²) in [7, 11) is 0. The van der Waals surface area contributed by atoms with Crippen LogP contribution in [0, 0.1) is 0 Å². The number of aromatic carboxylic acids is 1. The molecule has 0 heterocycles. The van der Waals surface area contributed by atoms with Crippen molar-refractivity contribution < 1.29 is 20.3 Å². The van der Waals surface area contributed by atoms with Crippen LogP contribution in [0.3, 0.4) is 0 Å². The van der Waals surface area contributed by atoms with E-state index in [4.69, 9.17) is 10.4 Å². The second-order valence-corrected chi connectivity index (χ2v) is 2.09. The molecule has 64 valence electrons. The van der Waals surface area contributed by atoms with Crippen molar-refractivity contribution in [2.24, 2.45) is 0 Å². The summed E-state index contributed by atoms with van der Waals surface area (Å²) in [5, 5.41) is 27.2. The molecule has 0 aliphatic carbocycles. The number of rotatable bonds is 2. The largest absolute Gasteiger partial charge is 0.545 e. The fourth-order valence-corrected chi connectivity index (χ4v) is 0.821. The van der Waals surface area contributed by atoms with Gasteiger partial charge in [0.25, 0.3) is 0 Å². The highest BCUT2D eigenvalue weighted by Crippen LogP contribution is 2.15. The van der Waals surface area contributed by atoms with E-state index in [-0.39, 0.29) is 16.5 Å². The lowest BCUT2D eigenvalue weighted by molar-refractivity contribution is -0.255. The second kappa shape index (κ2) is 3.21. The summed E-state index contributed by atoms with van der Waals surface area (Å²) < 4.78 is 0. The third-order valence-electron chi connectivity index (χ3n) is 1.34. The maximum absolute atomic E-state index is 10.4. The fourth-order valence-electron chi connectivity index (χ4n) is 0.821. The lowest BCUT2D eigenvalue weighted by Crippen LogP contribution is -2.25. The average Bonchev–Trinajstić information content (AvgIpc) is 2.04. The summed E-state index contributed by atoms with van der Waals surface area (Å²) >= 11 is 0. The molecule has 5 heteroatoms. The quantitative estimate of drug-likeness (QED) is 0.589. The zero-order chi connectivity index (χ0) is 9.14. The molecule has 0 bridgehead atoms. The lowest BCUT2D eigenvalue weighted by atomic mass is 10.2. The highest BCUT2D eigenvalue weighted by Gasteiger charge is 2.05. The Hall–Kier alpha value is -1.59. The first-order valence-corrected chi connectivity index (χ1v) is 3.11. The van der Waals surface area contributed by atoms with Gasteiger partial charge in [0, 0.05) is 5.56 Å². The molecule has 0 unspecified atom stereocenters. The summed E-state index contributed by atoms with van der Waals surface area (Å²) in [6.07, 6.45) is 0. The summed E-state index contributed by atoms with van der Waals surface area (Å²) in [4.78, 5) is 10.4. The van der Waals surface area contributed by atoms with Crippen LogP contribution < -0.4 is 10.3 Å². The predicted molar refractivity (Wildman–Crippen MR) is 36.8 cm³/mol. The number of carboxylic acids is 1. The number of anilines is 1. The van der Waals surface area contributed by atoms with Crippen LogP contribution in [-0.4, -0.2) is 16.4 Å². The van der Waals surface area contributed by atoms with Crippen LogP contribution >= 0.6 is 0 Å². The second-order valence-electron chi connectivity index (χ2n) is 2.09. The standard InChI is InChI=1S/C7H7NO4/c9-7(10)5-3-1-2-4-6(5)8(11)12/h1-4,11-12H,(H,9,10)/p-1. The Labute approximate surface area is 68.0 Å². The van der Waals surface area contributed by atoms with Crippen molar-refractivity contribution in [2.75, 3.05) is 5.23 Å². The van der Waals surface area contributed by atoms with Crippen LogP contribution in [0.1, 0.15) is 10.4 Å². The first kappa shape index (κ1) is 8.51. The van der Waals surface area contributed by atoms with Crippen LogP contribution in [0.15, 0.2) is 24.3 Å². The molecule has 0 spiro atoms. The minimum absolute atomic E-state index is 0.225. The number of carbonyl (C=O) groups excluding carboxylic acids is 1. The molecule has 0 aromatic heterocycles. The van der Waals surface area contributed by atoms with Gasteiger partial charge >= 0.3 is 0 Å². The molecule has 0 atom stereocenters. The number of carbonyl (C=O) groups is 1. The van der Waals surface area contributed by atoms with Crippen molar-refractivity contribution >= 4 is 11.7 Å². The predicted octanol–water partition coefficient (Wildman–Crippen LogP) is -0.365. The van der Waals surface area contributed by atoms with Crippen LogP contribution in [0.2, 0.25) is 0 Å². The zero-order valence-corrected chi connectivity index (χ0v) is 5.97. The van der Waals surface area contributed by atoms with Gasteiger partial charge in [0.15, 0.2) is 0 Å². The van der Waals surface area contributed by atoms with E-state index in [0.717, 1.165) is 0 Å². The fraction of sp³-hybridized carbons (Fsp3) is 0. The van der Waals surface area contributed by atoms with Gasteiger partial charge in [0.05, 0.1) is 5.97 Å². The van der Waals surface area contributed by atoms with Crippen LogP contribution in [0.4, 0.5) is 5.69 Å². The summed E-state index contributed by atoms with van der Waals surface area (Å²) in [5.74, 6) is -1.46. The van der Waals surface area contributed by atoms with Crippen LogP contribution in [0.25, 0.3) is 0 Å². The molecule has 1 aromatic carbocycles. The molecule has 0 aliphatic heterocycles. The smallest absolute Gasteiger partial charge is 0.103 e. The molecule has 0 radical (unpaired) electrons. The summed E-state index contributed by atoms with van der Waals surface area (Å²) in [6.45, 7) is 0. The lowest BCUT2D eigenvalue weighted by Gasteiger charge is -2.13. The average molecular weight is 168 g/mol. The van der Waals surface area contributed by atoms with Crippen molar-refractivity contribution in [3.63, 3.8) is 0 Å². The monoisotopic (exact) mass is 168 g/mol. The summed E-state index contributed by atoms with van der Waals surface area (Å²) in [5.41, 5.74) is -0.500. The van der Waals surface area contributed by atoms with E-state index in [2.05, 4.69) is 0 Å². The van der Waals surface area contributed by atoms with E-state index >= 15 is 0 Å². The van der Waals surface area contributed by atoms with Crippen molar-refractivity contribution in [3.8, 4) is 0 Å². The maximum Gasteiger partial charge on any atom is 0.103 e. The highest BCUT2D eigenvalue weighted by atomic mass is 16.8. The van der Waals surface area contributed by atoms with Gasteiger partial charge in [-0.2, -0.15) is 0 Å². The Balaban J connectivity index is 3.17. The van der Waals surface area contributed by atoms with Crippen molar-refractivity contribution in [2.45, 2.75) is 0 Å². The molecule has 12 heavy (non-hydrogen) atoms. The molecule has 0 saturated heterocycles. The molecule has 0 saturated carbocycles. The van der Waals surface area contributed by atoms with Gasteiger partial charge in [-0.1, -0.05) is 18.2 Å². The van der Waals surface area contributed by atoms with Gasteiger partial charge in [-0.05, 0) is 6.07 Å². The van der Waals surface area contributed by atoms with Gasteiger partial charge in [0.2, 0.25) is 0 Å². The highest BCUT2D eigenvalue weighted by molar-refractivity contribution is 5.92. The van der Waals surface area contributed by atoms with E-state index in [9.17, 15) is 9.90 Å². The maximum atomic E-state index is 10.4. The molecule has 1 aromatic rings. The Bertz CT molecular complexity index is 297. The number of nitrogens with zero attached hydrogens (tertiary/aromatic N) is 1. The van der Waals surface area contributed by atoms with E-state index in [1.54, 1.807) is 0 Å². The Morgan fingerprint density at radius 2 is 1.92 bits per heavy atom. The SMILES string of the molecule is O=C([O-])c1ccccc1N(O)O. The first-order chi connectivity index (χ1) is 5.63. The molecule has 2 N–H and O–H groups in total. The Kier molecular flexibility index (Phi) is 2.27. The topological polar surface area (TPSA) is 83.8 Å². The Morgan fingerprint density at radius 1 is 1.33 bits per heavy atom. The zero-order valence-electron chi connectivity index (χ0n) is 5.97. The third-order valence-corrected chi connectivity index (χ3v) is 1.34. The number of hydrogen-bond donors (Lipinski definition) is 2. The molecule has 0 amide bonds. The van der Waals surface area contributed by atoms with Crippen LogP contribution in [0.5, 0.6) is 0 Å². The Morgan fingerprint density at radius 3 is 2.33 bits per heavy atom. The van der Waals surface area contributed by atoms with E-state index in [1.807, 2.05) is 0 Å². The molecule has 0 fully saturated rings. The van der Waals surface area contributed by atoms with Gasteiger partial charge in [0.1, 0.15) is 5.69 Å². The number of benzene rings is 1. The van der Waals surface area contributed by atoms with E-state index < -0.39 is 5.97 Å². The van der Waals surface area contributed by atoms with Crippen molar-refractivity contribution in [1.29, 1.82) is 0 Å². The van der Waals surface area contributed by atoms with Crippen molar-refractivity contribution in [3.05, 3.63) is 29.8 Å². The summed E-state index contributed by atoms with van der Waals surface area (Å²) in [6, 6.07) is 5.38. The van der Waals surface area contributed by atoms with Crippen LogP contribution in [-0.2, 0) is 0 Å². The van der Waals surface area contributed by atoms with E-state index in [0.29, 0.717) is 0 Å². The molecular weight excluding hydrogens is 162 g/mol. The molecule has 5 nitrogen and oxygen atoms in total. The number of carboxylic acid groups (broad SMARTS) is 1. The normalized spacial score (nSPS) is 9.50. The third kappa shape index (κ3) is 1.52.